The van der Waals surface area contributed by atoms with Crippen molar-refractivity contribution in [1.29, 1.82) is 0 Å². The highest BCUT2D eigenvalue weighted by Gasteiger charge is 2.41. The Morgan fingerprint density at radius 3 is 3.10 bits per heavy atom. The van der Waals surface area contributed by atoms with E-state index in [1.807, 2.05) is 12.1 Å². The molecule has 2 saturated heterocycles. The number of hydrogen-bond donors (Lipinski definition) is 2. The lowest BCUT2D eigenvalue weighted by Gasteiger charge is -2.19. The second-order valence-corrected chi connectivity index (χ2v) is 6.49. The van der Waals surface area contributed by atoms with E-state index < -0.39 is 0 Å². The van der Waals surface area contributed by atoms with Crippen molar-refractivity contribution in [3.63, 3.8) is 0 Å². The number of nitrogens with two attached hydrogens (primary N) is 1. The van der Waals surface area contributed by atoms with Gasteiger partial charge in [-0.15, -0.1) is 0 Å². The number of carbonyl (C=O) groups excluding carboxylic acids is 1. The quantitative estimate of drug-likeness (QED) is 0.885. The number of aromatic nitrogens is 1. The summed E-state index contributed by atoms with van der Waals surface area (Å²) in [5, 5.41) is 3.61. The maximum atomic E-state index is 12.3. The maximum absolute atomic E-state index is 12.3. The molecule has 6 heteroatoms. The fourth-order valence-corrected chi connectivity index (χ4v) is 3.90. The van der Waals surface area contributed by atoms with E-state index in [4.69, 9.17) is 10.5 Å². The first kappa shape index (κ1) is 12.1. The van der Waals surface area contributed by atoms with Crippen molar-refractivity contribution in [2.24, 2.45) is 0 Å². The third kappa shape index (κ3) is 1.96. The first-order valence-corrected chi connectivity index (χ1v) is 7.63. The van der Waals surface area contributed by atoms with Crippen molar-refractivity contribution in [2.45, 2.75) is 37.5 Å². The summed E-state index contributed by atoms with van der Waals surface area (Å²) >= 11 is 1.40. The van der Waals surface area contributed by atoms with Gasteiger partial charge in [-0.1, -0.05) is 11.3 Å². The fraction of sp³-hybridized carbons (Fsp3) is 0.429. The zero-order valence-corrected chi connectivity index (χ0v) is 11.7. The van der Waals surface area contributed by atoms with Gasteiger partial charge in [0.25, 0.3) is 5.91 Å². The molecule has 3 heterocycles. The van der Waals surface area contributed by atoms with Gasteiger partial charge in [-0.3, -0.25) is 4.79 Å². The van der Waals surface area contributed by atoms with Crippen molar-refractivity contribution >= 4 is 32.6 Å². The van der Waals surface area contributed by atoms with E-state index in [2.05, 4.69) is 10.3 Å². The van der Waals surface area contributed by atoms with Gasteiger partial charge in [-0.05, 0) is 37.5 Å². The Hall–Kier alpha value is -1.66. The average molecular weight is 289 g/mol. The number of benzene rings is 1. The summed E-state index contributed by atoms with van der Waals surface area (Å²) in [7, 11) is 0. The Kier molecular flexibility index (Phi) is 2.68. The molecule has 2 aliphatic heterocycles. The molecule has 2 aromatic rings. The van der Waals surface area contributed by atoms with Gasteiger partial charge in [-0.25, -0.2) is 4.98 Å². The van der Waals surface area contributed by atoms with Gasteiger partial charge in [0.2, 0.25) is 0 Å². The third-order valence-electron chi connectivity index (χ3n) is 4.09. The molecular formula is C14H15N3O2S. The summed E-state index contributed by atoms with van der Waals surface area (Å²) in [6.07, 6.45) is 3.66. The number of thiazole rings is 1. The molecule has 0 aliphatic carbocycles. The number of nitrogen functional groups attached to an aromatic ring is 1. The monoisotopic (exact) mass is 289 g/mol. The maximum Gasteiger partial charge on any atom is 0.251 e. The molecule has 3 atom stereocenters. The second kappa shape index (κ2) is 4.43. The molecule has 0 radical (unpaired) electrons. The van der Waals surface area contributed by atoms with Crippen LogP contribution in [0.25, 0.3) is 10.2 Å². The number of nitrogens with zero attached hydrogens (tertiary/aromatic N) is 1. The number of carbonyl (C=O) groups is 1. The minimum absolute atomic E-state index is 0.0416. The number of fused-ring (bicyclic) bond motifs is 3. The third-order valence-corrected chi connectivity index (χ3v) is 4.94. The summed E-state index contributed by atoms with van der Waals surface area (Å²) in [4.78, 5) is 16.5. The zero-order chi connectivity index (χ0) is 13.7. The van der Waals surface area contributed by atoms with E-state index in [-0.39, 0.29) is 18.1 Å². The minimum atomic E-state index is -0.0416. The van der Waals surface area contributed by atoms with E-state index in [0.29, 0.717) is 16.8 Å². The van der Waals surface area contributed by atoms with Crippen LogP contribution in [0.15, 0.2) is 18.2 Å². The summed E-state index contributed by atoms with van der Waals surface area (Å²) in [6.45, 7) is 0. The van der Waals surface area contributed by atoms with E-state index in [9.17, 15) is 4.79 Å². The largest absolute Gasteiger partial charge is 0.375 e. The van der Waals surface area contributed by atoms with Gasteiger partial charge in [0.15, 0.2) is 5.13 Å². The number of anilines is 1. The standard InChI is InChI=1S/C14H15N3O2S/c15-14-17-9-3-1-7(5-12(9)20-14)13(18)16-10-6-8-2-4-11(10)19-8/h1,3,5,8,10-11H,2,4,6H2,(H2,15,17)(H,16,18). The summed E-state index contributed by atoms with van der Waals surface area (Å²) in [5.41, 5.74) is 7.18. The Morgan fingerprint density at radius 1 is 1.45 bits per heavy atom. The predicted octanol–water partition coefficient (Wildman–Crippen LogP) is 1.93. The highest BCUT2D eigenvalue weighted by Crippen LogP contribution is 2.34. The van der Waals surface area contributed by atoms with Gasteiger partial charge in [0.05, 0.1) is 28.5 Å². The Balaban J connectivity index is 1.54. The van der Waals surface area contributed by atoms with Crippen LogP contribution in [-0.4, -0.2) is 29.1 Å². The van der Waals surface area contributed by atoms with Crippen molar-refractivity contribution in [2.75, 3.05) is 5.73 Å². The van der Waals surface area contributed by atoms with Crippen molar-refractivity contribution < 1.29 is 9.53 Å². The molecule has 2 aliphatic rings. The highest BCUT2D eigenvalue weighted by atomic mass is 32.1. The van der Waals surface area contributed by atoms with Crippen LogP contribution >= 0.6 is 11.3 Å². The highest BCUT2D eigenvalue weighted by molar-refractivity contribution is 7.22. The molecule has 2 fully saturated rings. The first-order chi connectivity index (χ1) is 9.69. The molecule has 0 spiro atoms. The lowest BCUT2D eigenvalue weighted by Crippen LogP contribution is -2.41. The number of amides is 1. The molecular weight excluding hydrogens is 274 g/mol. The Bertz CT molecular complexity index is 684. The van der Waals surface area contributed by atoms with Crippen LogP contribution in [-0.2, 0) is 4.74 Å². The molecule has 1 amide bonds. The van der Waals surface area contributed by atoms with Gasteiger partial charge < -0.3 is 15.8 Å². The Labute approximate surface area is 120 Å². The molecule has 1 aromatic heterocycles. The van der Waals surface area contributed by atoms with E-state index >= 15 is 0 Å². The Morgan fingerprint density at radius 2 is 2.35 bits per heavy atom. The fourth-order valence-electron chi connectivity index (χ4n) is 3.13. The SMILES string of the molecule is Nc1nc2ccc(C(=O)NC3CC4CCC3O4)cc2s1. The normalized spacial score (nSPS) is 28.1. The molecule has 4 rings (SSSR count). The van der Waals surface area contributed by atoms with Crippen molar-refractivity contribution in [3.05, 3.63) is 23.8 Å². The van der Waals surface area contributed by atoms with Crippen LogP contribution in [0.3, 0.4) is 0 Å². The van der Waals surface area contributed by atoms with E-state index in [1.165, 1.54) is 11.3 Å². The number of rotatable bonds is 2. The topological polar surface area (TPSA) is 77.2 Å². The smallest absolute Gasteiger partial charge is 0.251 e. The lowest BCUT2D eigenvalue weighted by atomic mass is 9.95. The molecule has 104 valence electrons. The molecule has 2 bridgehead atoms. The van der Waals surface area contributed by atoms with Crippen LogP contribution in [0, 0.1) is 0 Å². The molecule has 3 unspecified atom stereocenters. The van der Waals surface area contributed by atoms with Crippen LogP contribution in [0.4, 0.5) is 5.13 Å². The lowest BCUT2D eigenvalue weighted by molar-refractivity contribution is 0.0841. The van der Waals surface area contributed by atoms with Crippen LogP contribution in [0.1, 0.15) is 29.6 Å². The molecule has 0 saturated carbocycles. The number of ether oxygens (including phenoxy) is 1. The molecule has 1 aromatic carbocycles. The van der Waals surface area contributed by atoms with E-state index in [1.54, 1.807) is 6.07 Å². The molecule has 5 nitrogen and oxygen atoms in total. The van der Waals surface area contributed by atoms with Gasteiger partial charge >= 0.3 is 0 Å². The van der Waals surface area contributed by atoms with Crippen LogP contribution in [0.5, 0.6) is 0 Å². The number of nitrogens with one attached hydrogen (secondary N) is 1. The van der Waals surface area contributed by atoms with Gasteiger partial charge in [0.1, 0.15) is 0 Å². The van der Waals surface area contributed by atoms with Crippen LogP contribution in [0.2, 0.25) is 0 Å². The van der Waals surface area contributed by atoms with E-state index in [0.717, 1.165) is 29.5 Å². The average Bonchev–Trinajstić information content (AvgIpc) is 3.10. The first-order valence-electron chi connectivity index (χ1n) is 6.81. The van der Waals surface area contributed by atoms with Crippen molar-refractivity contribution in [3.8, 4) is 0 Å². The summed E-state index contributed by atoms with van der Waals surface area (Å²) in [6, 6.07) is 5.65. The zero-order valence-electron chi connectivity index (χ0n) is 10.8. The number of hydrogen-bond acceptors (Lipinski definition) is 5. The molecule has 20 heavy (non-hydrogen) atoms. The summed E-state index contributed by atoms with van der Waals surface area (Å²) in [5.74, 6) is -0.0416. The summed E-state index contributed by atoms with van der Waals surface area (Å²) < 4.78 is 6.70. The van der Waals surface area contributed by atoms with Crippen molar-refractivity contribution in [1.82, 2.24) is 10.3 Å². The predicted molar refractivity (Wildman–Crippen MR) is 77.8 cm³/mol. The molecule has 3 N–H and O–H groups in total. The second-order valence-electron chi connectivity index (χ2n) is 5.42. The van der Waals surface area contributed by atoms with Crippen LogP contribution < -0.4 is 11.1 Å². The van der Waals surface area contributed by atoms with Gasteiger partial charge in [-0.2, -0.15) is 0 Å². The van der Waals surface area contributed by atoms with Gasteiger partial charge in [0, 0.05) is 5.56 Å². The minimum Gasteiger partial charge on any atom is -0.375 e.